The number of carbonyl (C=O) groups is 2. The molecule has 1 aromatic carbocycles. The minimum Gasteiger partial charge on any atom is -0.376 e. The van der Waals surface area contributed by atoms with Gasteiger partial charge in [-0.05, 0) is 43.7 Å². The summed E-state index contributed by atoms with van der Waals surface area (Å²) in [6, 6.07) is 8.10. The predicted molar refractivity (Wildman–Crippen MR) is 103 cm³/mol. The van der Waals surface area contributed by atoms with Gasteiger partial charge in [0.15, 0.2) is 0 Å². The minimum atomic E-state index is 0.0646. The van der Waals surface area contributed by atoms with Gasteiger partial charge < -0.3 is 14.5 Å². The van der Waals surface area contributed by atoms with Crippen molar-refractivity contribution < 1.29 is 14.3 Å². The normalized spacial score (nSPS) is 24.8. The number of hydrogen-bond acceptors (Lipinski definition) is 3. The standard InChI is InChI=1S/C22H30N2O3/c1-17-5-2-3-6-18(17)13-20(25)23-10-8-22(9-11-23)14-21(26)24(16-22)15-19-7-4-12-27-19/h2-3,5-6,19H,4,7-16H2,1H3. The molecule has 5 nitrogen and oxygen atoms in total. The third kappa shape index (κ3) is 4.03. The van der Waals surface area contributed by atoms with Gasteiger partial charge in [-0.15, -0.1) is 0 Å². The van der Waals surface area contributed by atoms with Gasteiger partial charge in [-0.1, -0.05) is 24.3 Å². The van der Waals surface area contributed by atoms with E-state index in [4.69, 9.17) is 4.74 Å². The summed E-state index contributed by atoms with van der Waals surface area (Å²) in [5, 5.41) is 0. The van der Waals surface area contributed by atoms with E-state index in [-0.39, 0.29) is 23.3 Å². The monoisotopic (exact) mass is 370 g/mol. The fourth-order valence-electron chi connectivity index (χ4n) is 4.83. The van der Waals surface area contributed by atoms with E-state index >= 15 is 0 Å². The summed E-state index contributed by atoms with van der Waals surface area (Å²) >= 11 is 0. The summed E-state index contributed by atoms with van der Waals surface area (Å²) in [6.45, 7) is 6.01. The zero-order valence-corrected chi connectivity index (χ0v) is 16.3. The molecule has 27 heavy (non-hydrogen) atoms. The largest absolute Gasteiger partial charge is 0.376 e. The summed E-state index contributed by atoms with van der Waals surface area (Å²) in [7, 11) is 0. The topological polar surface area (TPSA) is 49.9 Å². The number of likely N-dealkylation sites (tertiary alicyclic amines) is 2. The first-order chi connectivity index (χ1) is 13.0. The second-order valence-electron chi connectivity index (χ2n) is 8.57. The van der Waals surface area contributed by atoms with Gasteiger partial charge in [0.05, 0.1) is 12.5 Å². The van der Waals surface area contributed by atoms with Gasteiger partial charge >= 0.3 is 0 Å². The van der Waals surface area contributed by atoms with Crippen molar-refractivity contribution in [2.45, 2.75) is 51.6 Å². The molecule has 1 spiro atoms. The average molecular weight is 370 g/mol. The van der Waals surface area contributed by atoms with Gasteiger partial charge in [-0.3, -0.25) is 9.59 Å². The number of piperidine rings is 1. The lowest BCUT2D eigenvalue weighted by atomic mass is 9.77. The molecule has 3 saturated heterocycles. The van der Waals surface area contributed by atoms with Crippen LogP contribution in [0.15, 0.2) is 24.3 Å². The van der Waals surface area contributed by atoms with Crippen LogP contribution in [-0.4, -0.2) is 60.5 Å². The molecule has 0 aliphatic carbocycles. The highest BCUT2D eigenvalue weighted by molar-refractivity contribution is 5.81. The summed E-state index contributed by atoms with van der Waals surface area (Å²) < 4.78 is 5.71. The van der Waals surface area contributed by atoms with Crippen LogP contribution in [0.4, 0.5) is 0 Å². The molecular formula is C22H30N2O3. The van der Waals surface area contributed by atoms with E-state index in [9.17, 15) is 9.59 Å². The molecule has 3 aliphatic rings. The van der Waals surface area contributed by atoms with Crippen molar-refractivity contribution in [1.29, 1.82) is 0 Å². The SMILES string of the molecule is Cc1ccccc1CC(=O)N1CCC2(CC1)CC(=O)N(CC1CCCO1)C2. The van der Waals surface area contributed by atoms with Crippen LogP contribution < -0.4 is 0 Å². The van der Waals surface area contributed by atoms with E-state index in [0.29, 0.717) is 12.8 Å². The van der Waals surface area contributed by atoms with Crippen LogP contribution in [0.2, 0.25) is 0 Å². The molecule has 3 fully saturated rings. The van der Waals surface area contributed by atoms with Crippen LogP contribution in [0.5, 0.6) is 0 Å². The Bertz CT molecular complexity index is 703. The zero-order chi connectivity index (χ0) is 18.9. The van der Waals surface area contributed by atoms with Crippen molar-refractivity contribution in [3.8, 4) is 0 Å². The number of rotatable bonds is 4. The van der Waals surface area contributed by atoms with Crippen molar-refractivity contribution in [3.05, 3.63) is 35.4 Å². The number of amides is 2. The highest BCUT2D eigenvalue weighted by Gasteiger charge is 2.45. The molecule has 0 aromatic heterocycles. The number of aryl methyl sites for hydroxylation is 1. The van der Waals surface area contributed by atoms with Crippen molar-refractivity contribution >= 4 is 11.8 Å². The Morgan fingerprint density at radius 3 is 2.74 bits per heavy atom. The fourth-order valence-corrected chi connectivity index (χ4v) is 4.83. The summed E-state index contributed by atoms with van der Waals surface area (Å²) in [5.41, 5.74) is 2.35. The average Bonchev–Trinajstić information content (AvgIpc) is 3.26. The van der Waals surface area contributed by atoms with Crippen molar-refractivity contribution in [2.24, 2.45) is 5.41 Å². The van der Waals surface area contributed by atoms with E-state index in [2.05, 4.69) is 13.0 Å². The molecule has 3 aliphatic heterocycles. The molecule has 3 heterocycles. The third-order valence-electron chi connectivity index (χ3n) is 6.63. The lowest BCUT2D eigenvalue weighted by Crippen LogP contribution is -2.45. The van der Waals surface area contributed by atoms with Crippen LogP contribution in [0.1, 0.15) is 43.2 Å². The molecule has 0 saturated carbocycles. The van der Waals surface area contributed by atoms with Crippen molar-refractivity contribution in [2.75, 3.05) is 32.8 Å². The van der Waals surface area contributed by atoms with Crippen LogP contribution in [0.3, 0.4) is 0 Å². The Morgan fingerprint density at radius 1 is 1.26 bits per heavy atom. The summed E-state index contributed by atoms with van der Waals surface area (Å²) in [4.78, 5) is 29.2. The summed E-state index contributed by atoms with van der Waals surface area (Å²) in [5.74, 6) is 0.477. The molecule has 1 unspecified atom stereocenters. The van der Waals surface area contributed by atoms with Crippen molar-refractivity contribution in [1.82, 2.24) is 9.80 Å². The number of benzene rings is 1. The van der Waals surface area contributed by atoms with Gasteiger partial charge in [0.1, 0.15) is 0 Å². The quantitative estimate of drug-likeness (QED) is 0.818. The van der Waals surface area contributed by atoms with E-state index in [1.54, 1.807) is 0 Å². The fraction of sp³-hybridized carbons (Fsp3) is 0.636. The van der Waals surface area contributed by atoms with E-state index < -0.39 is 0 Å². The third-order valence-corrected chi connectivity index (χ3v) is 6.63. The lowest BCUT2D eigenvalue weighted by molar-refractivity contribution is -0.132. The van der Waals surface area contributed by atoms with Crippen LogP contribution in [0, 0.1) is 12.3 Å². The number of hydrogen-bond donors (Lipinski definition) is 0. The molecule has 0 bridgehead atoms. The predicted octanol–water partition coefficient (Wildman–Crippen LogP) is 2.56. The number of nitrogens with zero attached hydrogens (tertiary/aromatic N) is 2. The maximum absolute atomic E-state index is 12.7. The summed E-state index contributed by atoms with van der Waals surface area (Å²) in [6.07, 6.45) is 5.37. The molecule has 5 heteroatoms. The molecule has 0 N–H and O–H groups in total. The smallest absolute Gasteiger partial charge is 0.226 e. The Kier molecular flexibility index (Phi) is 5.22. The van der Waals surface area contributed by atoms with E-state index in [1.165, 1.54) is 5.56 Å². The van der Waals surface area contributed by atoms with Gasteiger partial charge in [-0.25, -0.2) is 0 Å². The number of ether oxygens (including phenoxy) is 1. The first kappa shape index (κ1) is 18.5. The Balaban J connectivity index is 1.31. The molecule has 1 aromatic rings. The highest BCUT2D eigenvalue weighted by Crippen LogP contribution is 2.41. The zero-order valence-electron chi connectivity index (χ0n) is 16.3. The molecule has 4 rings (SSSR count). The van der Waals surface area contributed by atoms with Gasteiger partial charge in [-0.2, -0.15) is 0 Å². The Morgan fingerprint density at radius 2 is 2.04 bits per heavy atom. The molecule has 0 radical (unpaired) electrons. The van der Waals surface area contributed by atoms with Crippen LogP contribution >= 0.6 is 0 Å². The second kappa shape index (κ2) is 7.63. The maximum atomic E-state index is 12.7. The molecule has 2 amide bonds. The first-order valence-electron chi connectivity index (χ1n) is 10.3. The Labute approximate surface area is 161 Å². The second-order valence-corrected chi connectivity index (χ2v) is 8.57. The van der Waals surface area contributed by atoms with Crippen LogP contribution in [0.25, 0.3) is 0 Å². The number of carbonyl (C=O) groups excluding carboxylic acids is 2. The minimum absolute atomic E-state index is 0.0646. The molecule has 146 valence electrons. The molecular weight excluding hydrogens is 340 g/mol. The van der Waals surface area contributed by atoms with E-state index in [1.807, 2.05) is 28.0 Å². The molecule has 1 atom stereocenters. The Hall–Kier alpha value is -1.88. The first-order valence-corrected chi connectivity index (χ1v) is 10.3. The maximum Gasteiger partial charge on any atom is 0.226 e. The van der Waals surface area contributed by atoms with Gasteiger partial charge in [0, 0.05) is 44.6 Å². The van der Waals surface area contributed by atoms with Gasteiger partial charge in [0.25, 0.3) is 0 Å². The lowest BCUT2D eigenvalue weighted by Gasteiger charge is -2.39. The van der Waals surface area contributed by atoms with Crippen molar-refractivity contribution in [3.63, 3.8) is 0 Å². The van der Waals surface area contributed by atoms with E-state index in [0.717, 1.165) is 64.0 Å². The van der Waals surface area contributed by atoms with Gasteiger partial charge in [0.2, 0.25) is 11.8 Å². The highest BCUT2D eigenvalue weighted by atomic mass is 16.5. The van der Waals surface area contributed by atoms with Crippen LogP contribution in [-0.2, 0) is 20.7 Å².